The predicted octanol–water partition coefficient (Wildman–Crippen LogP) is 0.272. The van der Waals surface area contributed by atoms with Gasteiger partial charge in [-0.2, -0.15) is 0 Å². The first kappa shape index (κ1) is 11.7. The molecule has 0 saturated carbocycles. The number of methoxy groups -OCH3 is 1. The molecule has 1 unspecified atom stereocenters. The van der Waals surface area contributed by atoms with Crippen LogP contribution >= 0.6 is 0 Å². The molecule has 0 radical (unpaired) electrons. The summed E-state index contributed by atoms with van der Waals surface area (Å²) in [7, 11) is 1.34. The molecule has 1 aromatic rings. The molecule has 0 saturated heterocycles. The van der Waals surface area contributed by atoms with Crippen molar-refractivity contribution in [3.8, 4) is 0 Å². The minimum atomic E-state index is -0.378. The number of aliphatic hydroxyl groups is 1. The molecule has 0 spiro atoms. The molecular weight excluding hydrogens is 196 g/mol. The number of aromatic amines is 1. The lowest BCUT2D eigenvalue weighted by Crippen LogP contribution is -2.28. The van der Waals surface area contributed by atoms with Crippen LogP contribution in [0, 0.1) is 0 Å². The number of aromatic nitrogens is 1. The normalized spacial score (nSPS) is 12.5. The van der Waals surface area contributed by atoms with Gasteiger partial charge < -0.3 is 20.1 Å². The molecule has 5 nitrogen and oxygen atoms in total. The predicted molar refractivity (Wildman–Crippen MR) is 55.5 cm³/mol. The number of aliphatic hydroxyl groups excluding tert-OH is 1. The number of esters is 1. The molecule has 0 fully saturated rings. The minimum absolute atomic E-state index is 0.0369. The zero-order chi connectivity index (χ0) is 11.3. The van der Waals surface area contributed by atoms with Gasteiger partial charge in [-0.1, -0.05) is 0 Å². The van der Waals surface area contributed by atoms with Gasteiger partial charge in [-0.25, -0.2) is 4.79 Å². The summed E-state index contributed by atoms with van der Waals surface area (Å²) >= 11 is 0. The van der Waals surface area contributed by atoms with E-state index in [1.165, 1.54) is 7.11 Å². The zero-order valence-electron chi connectivity index (χ0n) is 8.91. The van der Waals surface area contributed by atoms with Crippen molar-refractivity contribution < 1.29 is 14.6 Å². The van der Waals surface area contributed by atoms with Crippen molar-refractivity contribution in [1.29, 1.82) is 0 Å². The molecule has 1 aromatic heterocycles. The second-order valence-electron chi connectivity index (χ2n) is 3.35. The monoisotopic (exact) mass is 212 g/mol. The highest BCUT2D eigenvalue weighted by Crippen LogP contribution is 2.03. The van der Waals surface area contributed by atoms with E-state index >= 15 is 0 Å². The van der Waals surface area contributed by atoms with Gasteiger partial charge in [-0.15, -0.1) is 0 Å². The fourth-order valence-corrected chi connectivity index (χ4v) is 1.12. The fourth-order valence-electron chi connectivity index (χ4n) is 1.12. The summed E-state index contributed by atoms with van der Waals surface area (Å²) in [5.41, 5.74) is 1.32. The van der Waals surface area contributed by atoms with E-state index < -0.39 is 0 Å². The summed E-state index contributed by atoms with van der Waals surface area (Å²) in [6.45, 7) is 2.55. The summed E-state index contributed by atoms with van der Waals surface area (Å²) < 4.78 is 4.57. The average Bonchev–Trinajstić information content (AvgIpc) is 2.73. The Kier molecular flexibility index (Phi) is 4.33. The van der Waals surface area contributed by atoms with Gasteiger partial charge in [0.25, 0.3) is 0 Å². The van der Waals surface area contributed by atoms with Gasteiger partial charge in [-0.3, -0.25) is 0 Å². The number of hydrogen-bond acceptors (Lipinski definition) is 4. The van der Waals surface area contributed by atoms with Crippen molar-refractivity contribution >= 4 is 5.97 Å². The van der Waals surface area contributed by atoms with Gasteiger partial charge in [0.1, 0.15) is 5.69 Å². The van der Waals surface area contributed by atoms with E-state index in [1.54, 1.807) is 6.07 Å². The van der Waals surface area contributed by atoms with Crippen LogP contribution in [0.4, 0.5) is 0 Å². The van der Waals surface area contributed by atoms with Crippen LogP contribution in [0.25, 0.3) is 0 Å². The van der Waals surface area contributed by atoms with Crippen LogP contribution in [0.3, 0.4) is 0 Å². The lowest BCUT2D eigenvalue weighted by Gasteiger charge is -2.08. The van der Waals surface area contributed by atoms with Crippen molar-refractivity contribution in [3.63, 3.8) is 0 Å². The van der Waals surface area contributed by atoms with E-state index in [0.29, 0.717) is 12.2 Å². The van der Waals surface area contributed by atoms with Crippen LogP contribution < -0.4 is 5.32 Å². The quantitative estimate of drug-likeness (QED) is 0.612. The Morgan fingerprint density at radius 2 is 2.40 bits per heavy atom. The van der Waals surface area contributed by atoms with E-state index in [2.05, 4.69) is 15.0 Å². The maximum Gasteiger partial charge on any atom is 0.354 e. The van der Waals surface area contributed by atoms with E-state index in [4.69, 9.17) is 5.11 Å². The number of carbonyl (C=O) groups is 1. The Balaban J connectivity index is 2.49. The van der Waals surface area contributed by atoms with Gasteiger partial charge in [0, 0.05) is 18.3 Å². The average molecular weight is 212 g/mol. The smallest absolute Gasteiger partial charge is 0.354 e. The topological polar surface area (TPSA) is 74.3 Å². The fraction of sp³-hybridized carbons (Fsp3) is 0.500. The number of H-pyrrole nitrogens is 1. The second-order valence-corrected chi connectivity index (χ2v) is 3.35. The third-order valence-electron chi connectivity index (χ3n) is 2.07. The largest absolute Gasteiger partial charge is 0.464 e. The maximum absolute atomic E-state index is 11.1. The Morgan fingerprint density at radius 3 is 3.00 bits per heavy atom. The number of rotatable bonds is 5. The first-order valence-electron chi connectivity index (χ1n) is 4.77. The molecule has 84 valence electrons. The highest BCUT2D eigenvalue weighted by molar-refractivity contribution is 5.87. The van der Waals surface area contributed by atoms with E-state index in [0.717, 1.165) is 5.69 Å². The van der Waals surface area contributed by atoms with Crippen molar-refractivity contribution in [2.24, 2.45) is 0 Å². The molecule has 15 heavy (non-hydrogen) atoms. The molecule has 5 heteroatoms. The van der Waals surface area contributed by atoms with Crippen LogP contribution in [0.2, 0.25) is 0 Å². The van der Waals surface area contributed by atoms with Crippen LogP contribution in [-0.2, 0) is 11.3 Å². The van der Waals surface area contributed by atoms with Gasteiger partial charge in [0.05, 0.1) is 13.7 Å². The Morgan fingerprint density at radius 1 is 1.67 bits per heavy atom. The van der Waals surface area contributed by atoms with Crippen LogP contribution in [0.15, 0.2) is 12.1 Å². The molecule has 0 aliphatic rings. The summed E-state index contributed by atoms with van der Waals surface area (Å²) in [5.74, 6) is -0.378. The lowest BCUT2D eigenvalue weighted by molar-refractivity contribution is 0.0594. The van der Waals surface area contributed by atoms with Crippen LogP contribution in [-0.4, -0.2) is 35.8 Å². The van der Waals surface area contributed by atoms with Crippen molar-refractivity contribution in [3.05, 3.63) is 23.5 Å². The molecule has 1 rings (SSSR count). The van der Waals surface area contributed by atoms with Gasteiger partial charge in [0.2, 0.25) is 0 Å². The van der Waals surface area contributed by atoms with Crippen molar-refractivity contribution in [2.45, 2.75) is 19.5 Å². The molecule has 3 N–H and O–H groups in total. The molecule has 1 atom stereocenters. The summed E-state index contributed by atoms with van der Waals surface area (Å²) in [4.78, 5) is 14.0. The molecule has 0 amide bonds. The standard InChI is InChI=1S/C10H16N2O3/c1-7(6-13)11-5-8-3-4-9(12-8)10(14)15-2/h3-4,7,11-13H,5-6H2,1-2H3. The third kappa shape index (κ3) is 3.38. The van der Waals surface area contributed by atoms with E-state index in [-0.39, 0.29) is 18.6 Å². The first-order valence-corrected chi connectivity index (χ1v) is 4.77. The Labute approximate surface area is 88.4 Å². The third-order valence-corrected chi connectivity index (χ3v) is 2.07. The Hall–Kier alpha value is -1.33. The number of nitrogens with one attached hydrogen (secondary N) is 2. The van der Waals surface area contributed by atoms with E-state index in [9.17, 15) is 4.79 Å². The molecule has 1 heterocycles. The molecule has 0 aliphatic heterocycles. The summed E-state index contributed by atoms with van der Waals surface area (Å²) in [6, 6.07) is 3.52. The highest BCUT2D eigenvalue weighted by Gasteiger charge is 2.08. The van der Waals surface area contributed by atoms with E-state index in [1.807, 2.05) is 13.0 Å². The number of carbonyl (C=O) groups excluding carboxylic acids is 1. The number of ether oxygens (including phenoxy) is 1. The highest BCUT2D eigenvalue weighted by atomic mass is 16.5. The van der Waals surface area contributed by atoms with Crippen LogP contribution in [0.1, 0.15) is 23.1 Å². The first-order chi connectivity index (χ1) is 7.17. The lowest BCUT2D eigenvalue weighted by atomic mass is 10.3. The molecule has 0 aliphatic carbocycles. The van der Waals surface area contributed by atoms with Gasteiger partial charge >= 0.3 is 5.97 Å². The summed E-state index contributed by atoms with van der Waals surface area (Å²) in [5, 5.41) is 11.9. The van der Waals surface area contributed by atoms with Crippen LogP contribution in [0.5, 0.6) is 0 Å². The molecule has 0 bridgehead atoms. The summed E-state index contributed by atoms with van der Waals surface area (Å²) in [6.07, 6.45) is 0. The number of hydrogen-bond donors (Lipinski definition) is 3. The van der Waals surface area contributed by atoms with Crippen molar-refractivity contribution in [2.75, 3.05) is 13.7 Å². The second kappa shape index (κ2) is 5.53. The van der Waals surface area contributed by atoms with Gasteiger partial charge in [-0.05, 0) is 19.1 Å². The minimum Gasteiger partial charge on any atom is -0.464 e. The zero-order valence-corrected chi connectivity index (χ0v) is 8.91. The molecule has 0 aromatic carbocycles. The Bertz CT molecular complexity index is 322. The van der Waals surface area contributed by atoms with Gasteiger partial charge in [0.15, 0.2) is 0 Å². The SMILES string of the molecule is COC(=O)c1ccc(CNC(C)CO)[nH]1. The maximum atomic E-state index is 11.1. The molecular formula is C10H16N2O3. The van der Waals surface area contributed by atoms with Crippen molar-refractivity contribution in [1.82, 2.24) is 10.3 Å².